The van der Waals surface area contributed by atoms with E-state index >= 15 is 0 Å². The number of hydrogen-bond donors (Lipinski definition) is 2. The Bertz CT molecular complexity index is 307. The van der Waals surface area contributed by atoms with Crippen LogP contribution < -0.4 is 10.6 Å². The number of aliphatic imine (C=N–C) groups is 1. The van der Waals surface area contributed by atoms with Crippen molar-refractivity contribution in [3.8, 4) is 0 Å². The molecule has 4 nitrogen and oxygen atoms in total. The lowest BCUT2D eigenvalue weighted by molar-refractivity contribution is 0.143. The molecule has 1 unspecified atom stereocenters. The zero-order chi connectivity index (χ0) is 16.2. The predicted octanol–water partition coefficient (Wildman–Crippen LogP) is 3.86. The summed E-state index contributed by atoms with van der Waals surface area (Å²) in [6.07, 6.45) is 7.82. The molecule has 0 aromatic heterocycles. The van der Waals surface area contributed by atoms with Crippen LogP contribution in [0.3, 0.4) is 0 Å². The highest BCUT2D eigenvalue weighted by Gasteiger charge is 2.21. The Hall–Kier alpha value is -0.0400. The molecule has 23 heavy (non-hydrogen) atoms. The van der Waals surface area contributed by atoms with Crippen LogP contribution in [0.1, 0.15) is 66.2 Å². The van der Waals surface area contributed by atoms with E-state index in [1.807, 2.05) is 0 Å². The molecule has 0 aromatic carbocycles. The van der Waals surface area contributed by atoms with E-state index in [0.29, 0.717) is 12.0 Å². The number of rotatable bonds is 9. The van der Waals surface area contributed by atoms with Crippen molar-refractivity contribution in [3.05, 3.63) is 0 Å². The Morgan fingerprint density at radius 3 is 2.61 bits per heavy atom. The SMILES string of the molecule is CCCCCCNC(=NCC1CCCN(C(C)C)C1)NCC.I. The first kappa shape index (κ1) is 23.0. The molecule has 0 aromatic rings. The molecule has 1 aliphatic rings. The topological polar surface area (TPSA) is 39.7 Å². The van der Waals surface area contributed by atoms with Gasteiger partial charge < -0.3 is 15.5 Å². The van der Waals surface area contributed by atoms with E-state index in [2.05, 4.69) is 43.2 Å². The quantitative estimate of drug-likeness (QED) is 0.249. The predicted molar refractivity (Wildman–Crippen MR) is 113 cm³/mol. The Kier molecular flexibility index (Phi) is 14.3. The minimum atomic E-state index is 0. The molecule has 0 saturated carbocycles. The van der Waals surface area contributed by atoms with Crippen molar-refractivity contribution in [2.24, 2.45) is 10.9 Å². The van der Waals surface area contributed by atoms with E-state index in [4.69, 9.17) is 4.99 Å². The summed E-state index contributed by atoms with van der Waals surface area (Å²) in [5.74, 6) is 1.72. The fourth-order valence-electron chi connectivity index (χ4n) is 3.04. The van der Waals surface area contributed by atoms with Crippen LogP contribution in [-0.4, -0.2) is 49.6 Å². The molecule has 138 valence electrons. The van der Waals surface area contributed by atoms with E-state index in [9.17, 15) is 0 Å². The average molecular weight is 438 g/mol. The maximum atomic E-state index is 4.82. The molecule has 0 bridgehead atoms. The molecule has 1 rings (SSSR count). The highest BCUT2D eigenvalue weighted by Crippen LogP contribution is 2.18. The van der Waals surface area contributed by atoms with Crippen molar-refractivity contribution in [2.75, 3.05) is 32.7 Å². The third-order valence-electron chi connectivity index (χ3n) is 4.46. The van der Waals surface area contributed by atoms with Gasteiger partial charge in [-0.2, -0.15) is 0 Å². The first-order valence-electron chi connectivity index (χ1n) is 9.43. The van der Waals surface area contributed by atoms with Gasteiger partial charge in [0.1, 0.15) is 0 Å². The van der Waals surface area contributed by atoms with Gasteiger partial charge in [0.25, 0.3) is 0 Å². The highest BCUT2D eigenvalue weighted by molar-refractivity contribution is 14.0. The number of unbranched alkanes of at least 4 members (excludes halogenated alkanes) is 3. The molecule has 1 saturated heterocycles. The first-order valence-corrected chi connectivity index (χ1v) is 9.43. The fourth-order valence-corrected chi connectivity index (χ4v) is 3.04. The summed E-state index contributed by atoms with van der Waals surface area (Å²) in [5.41, 5.74) is 0. The Morgan fingerprint density at radius 1 is 1.17 bits per heavy atom. The number of nitrogens with one attached hydrogen (secondary N) is 2. The molecule has 1 heterocycles. The van der Waals surface area contributed by atoms with Crippen LogP contribution in [0.15, 0.2) is 4.99 Å². The summed E-state index contributed by atoms with van der Waals surface area (Å²) in [4.78, 5) is 7.41. The van der Waals surface area contributed by atoms with Crippen molar-refractivity contribution in [3.63, 3.8) is 0 Å². The maximum absolute atomic E-state index is 4.82. The van der Waals surface area contributed by atoms with E-state index in [1.54, 1.807) is 0 Å². The molecule has 5 heteroatoms. The average Bonchev–Trinajstić information content (AvgIpc) is 2.52. The van der Waals surface area contributed by atoms with Gasteiger partial charge in [-0.05, 0) is 52.5 Å². The number of guanidine groups is 1. The fraction of sp³-hybridized carbons (Fsp3) is 0.944. The van der Waals surface area contributed by atoms with E-state index in [0.717, 1.165) is 25.6 Å². The van der Waals surface area contributed by atoms with Gasteiger partial charge in [-0.1, -0.05) is 26.2 Å². The third-order valence-corrected chi connectivity index (χ3v) is 4.46. The lowest BCUT2D eigenvalue weighted by Gasteiger charge is -2.34. The van der Waals surface area contributed by atoms with Crippen molar-refractivity contribution < 1.29 is 0 Å². The zero-order valence-corrected chi connectivity index (χ0v) is 18.1. The summed E-state index contributed by atoms with van der Waals surface area (Å²) >= 11 is 0. The summed E-state index contributed by atoms with van der Waals surface area (Å²) in [6.45, 7) is 14.4. The van der Waals surface area contributed by atoms with Gasteiger partial charge in [-0.3, -0.25) is 4.99 Å². The van der Waals surface area contributed by atoms with Crippen LogP contribution in [0.5, 0.6) is 0 Å². The summed E-state index contributed by atoms with van der Waals surface area (Å²) < 4.78 is 0. The van der Waals surface area contributed by atoms with Gasteiger partial charge in [-0.15, -0.1) is 24.0 Å². The molecule has 1 fully saturated rings. The van der Waals surface area contributed by atoms with Crippen molar-refractivity contribution in [1.82, 2.24) is 15.5 Å². The summed E-state index contributed by atoms with van der Waals surface area (Å²) in [5, 5.41) is 6.85. The lowest BCUT2D eigenvalue weighted by atomic mass is 9.97. The van der Waals surface area contributed by atoms with Crippen molar-refractivity contribution in [2.45, 2.75) is 72.3 Å². The van der Waals surface area contributed by atoms with E-state index in [1.165, 1.54) is 51.6 Å². The second-order valence-electron chi connectivity index (χ2n) is 6.80. The molecule has 1 aliphatic heterocycles. The van der Waals surface area contributed by atoms with Crippen LogP contribution in [0.4, 0.5) is 0 Å². The Labute approximate surface area is 161 Å². The third kappa shape index (κ3) is 10.4. The normalized spacial score (nSPS) is 19.5. The molecule has 1 atom stereocenters. The number of halogens is 1. The second-order valence-corrected chi connectivity index (χ2v) is 6.80. The number of nitrogens with zero attached hydrogens (tertiary/aromatic N) is 2. The molecule has 0 aliphatic carbocycles. The van der Waals surface area contributed by atoms with Gasteiger partial charge in [0.15, 0.2) is 5.96 Å². The Balaban J connectivity index is 0.00000484. The lowest BCUT2D eigenvalue weighted by Crippen LogP contribution is -2.42. The standard InChI is InChI=1S/C18H38N4.HI/c1-5-7-8-9-12-20-18(19-6-2)21-14-17-11-10-13-22(15-17)16(3)4;/h16-17H,5-15H2,1-4H3,(H2,19,20,21);1H. The van der Waals surface area contributed by atoms with Crippen LogP contribution in [0, 0.1) is 5.92 Å². The number of hydrogen-bond acceptors (Lipinski definition) is 2. The largest absolute Gasteiger partial charge is 0.357 e. The minimum absolute atomic E-state index is 0. The molecule has 2 N–H and O–H groups in total. The van der Waals surface area contributed by atoms with Crippen LogP contribution in [0.2, 0.25) is 0 Å². The molecule has 0 spiro atoms. The molecule has 0 radical (unpaired) electrons. The first-order chi connectivity index (χ1) is 10.7. The van der Waals surface area contributed by atoms with Gasteiger partial charge >= 0.3 is 0 Å². The van der Waals surface area contributed by atoms with Crippen LogP contribution in [0.25, 0.3) is 0 Å². The second kappa shape index (κ2) is 14.3. The number of likely N-dealkylation sites (tertiary alicyclic amines) is 1. The van der Waals surface area contributed by atoms with Crippen molar-refractivity contribution in [1.29, 1.82) is 0 Å². The number of piperidine rings is 1. The van der Waals surface area contributed by atoms with E-state index < -0.39 is 0 Å². The maximum Gasteiger partial charge on any atom is 0.191 e. The Morgan fingerprint density at radius 2 is 1.96 bits per heavy atom. The zero-order valence-electron chi connectivity index (χ0n) is 15.7. The minimum Gasteiger partial charge on any atom is -0.357 e. The highest BCUT2D eigenvalue weighted by atomic mass is 127. The van der Waals surface area contributed by atoms with Crippen molar-refractivity contribution >= 4 is 29.9 Å². The van der Waals surface area contributed by atoms with Gasteiger partial charge in [0.05, 0.1) is 0 Å². The van der Waals surface area contributed by atoms with Crippen LogP contribution >= 0.6 is 24.0 Å². The molecule has 0 amide bonds. The monoisotopic (exact) mass is 438 g/mol. The van der Waals surface area contributed by atoms with Gasteiger partial charge in [0.2, 0.25) is 0 Å². The van der Waals surface area contributed by atoms with Gasteiger partial charge in [-0.25, -0.2) is 0 Å². The van der Waals surface area contributed by atoms with Crippen LogP contribution in [-0.2, 0) is 0 Å². The summed E-state index contributed by atoms with van der Waals surface area (Å²) in [6, 6.07) is 0.664. The molecular weight excluding hydrogens is 399 g/mol. The van der Waals surface area contributed by atoms with E-state index in [-0.39, 0.29) is 24.0 Å². The van der Waals surface area contributed by atoms with Gasteiger partial charge in [0, 0.05) is 32.2 Å². The molecular formula is C18H39IN4. The smallest absolute Gasteiger partial charge is 0.191 e. The summed E-state index contributed by atoms with van der Waals surface area (Å²) in [7, 11) is 0.